The van der Waals surface area contributed by atoms with Crippen molar-refractivity contribution in [2.45, 2.75) is 0 Å². The lowest BCUT2D eigenvalue weighted by atomic mass is 10.1. The van der Waals surface area contributed by atoms with E-state index in [0.29, 0.717) is 54.1 Å². The number of fused-ring (bicyclic) bond motifs is 2. The van der Waals surface area contributed by atoms with Gasteiger partial charge in [0.2, 0.25) is 0 Å². The summed E-state index contributed by atoms with van der Waals surface area (Å²) < 4.78 is 34.3. The standard InChI is InChI=1S/C19H20ClN3O2/c1-22-7-9-23(10-8-22)19-15-11-13(20)3-5-17(15)25-18-6-4-14(24-2)12-16(18)21-19/h3-6,11-12H,7-10H2,1-2H3/i1D3. The Balaban J connectivity index is 1.75. The van der Waals surface area contributed by atoms with E-state index in [2.05, 4.69) is 4.90 Å². The number of halogens is 1. The molecule has 4 rings (SSSR count). The van der Waals surface area contributed by atoms with Crippen LogP contribution in [0.4, 0.5) is 5.69 Å². The van der Waals surface area contributed by atoms with Gasteiger partial charge in [0.15, 0.2) is 5.75 Å². The second kappa shape index (κ2) is 6.58. The molecule has 0 amide bonds. The van der Waals surface area contributed by atoms with E-state index in [4.69, 9.17) is 30.2 Å². The molecule has 2 aromatic carbocycles. The SMILES string of the molecule is [2H]C([2H])([2H])N1CCN(C2=Nc3cc(OC)ccc3Oc3ccc(Cl)cc32)CC1. The number of rotatable bonds is 1. The first-order chi connectivity index (χ1) is 13.3. The molecule has 0 N–H and O–H groups in total. The number of ether oxygens (including phenoxy) is 2. The topological polar surface area (TPSA) is 37.3 Å². The van der Waals surface area contributed by atoms with E-state index in [9.17, 15) is 0 Å². The van der Waals surface area contributed by atoms with Crippen LogP contribution in [0, 0.1) is 0 Å². The highest BCUT2D eigenvalue weighted by atomic mass is 35.5. The summed E-state index contributed by atoms with van der Waals surface area (Å²) in [7, 11) is 1.60. The minimum absolute atomic E-state index is 0.428. The van der Waals surface area contributed by atoms with E-state index in [0.717, 1.165) is 11.4 Å². The number of likely N-dealkylation sites (N-methyl/N-ethyl adjacent to an activating group) is 1. The van der Waals surface area contributed by atoms with Gasteiger partial charge in [-0.1, -0.05) is 11.6 Å². The highest BCUT2D eigenvalue weighted by molar-refractivity contribution is 6.31. The summed E-state index contributed by atoms with van der Waals surface area (Å²) >= 11 is 6.24. The molecule has 0 aromatic heterocycles. The highest BCUT2D eigenvalue weighted by Crippen LogP contribution is 2.40. The van der Waals surface area contributed by atoms with E-state index in [-0.39, 0.29) is 0 Å². The van der Waals surface area contributed by atoms with Crippen molar-refractivity contribution in [1.29, 1.82) is 0 Å². The van der Waals surface area contributed by atoms with Crippen LogP contribution in [-0.2, 0) is 0 Å². The van der Waals surface area contributed by atoms with Gasteiger partial charge in [0.05, 0.1) is 12.7 Å². The van der Waals surface area contributed by atoms with Gasteiger partial charge in [0.25, 0.3) is 0 Å². The first-order valence-electron chi connectivity index (χ1n) is 9.60. The normalized spacial score (nSPS) is 19.4. The van der Waals surface area contributed by atoms with Crippen LogP contribution in [0.2, 0.25) is 5.02 Å². The summed E-state index contributed by atoms with van der Waals surface area (Å²) in [6, 6.07) is 10.9. The van der Waals surface area contributed by atoms with Gasteiger partial charge < -0.3 is 19.3 Å². The van der Waals surface area contributed by atoms with Crippen molar-refractivity contribution in [2.24, 2.45) is 4.99 Å². The molecule has 0 atom stereocenters. The lowest BCUT2D eigenvalue weighted by Gasteiger charge is -2.34. The summed E-state index contributed by atoms with van der Waals surface area (Å²) in [4.78, 5) is 8.45. The van der Waals surface area contributed by atoms with Crippen LogP contribution in [0.3, 0.4) is 0 Å². The van der Waals surface area contributed by atoms with Crippen molar-refractivity contribution >= 4 is 23.1 Å². The van der Waals surface area contributed by atoms with Crippen molar-refractivity contribution in [1.82, 2.24) is 9.80 Å². The molecular weight excluding hydrogens is 338 g/mol. The zero-order valence-electron chi connectivity index (χ0n) is 16.8. The van der Waals surface area contributed by atoms with Gasteiger partial charge in [-0.3, -0.25) is 0 Å². The minimum Gasteiger partial charge on any atom is -0.497 e. The third-order valence-corrected chi connectivity index (χ3v) is 4.61. The highest BCUT2D eigenvalue weighted by Gasteiger charge is 2.25. The third-order valence-electron chi connectivity index (χ3n) is 4.37. The molecule has 0 spiro atoms. The number of hydrogen-bond acceptors (Lipinski definition) is 5. The molecule has 0 unspecified atom stereocenters. The van der Waals surface area contributed by atoms with Gasteiger partial charge in [0.1, 0.15) is 23.0 Å². The zero-order valence-corrected chi connectivity index (χ0v) is 14.6. The lowest BCUT2D eigenvalue weighted by molar-refractivity contribution is 0.215. The Labute approximate surface area is 156 Å². The predicted octanol–water partition coefficient (Wildman–Crippen LogP) is 3.78. The quantitative estimate of drug-likeness (QED) is 0.775. The Kier molecular flexibility index (Phi) is 3.43. The van der Waals surface area contributed by atoms with Crippen LogP contribution in [0.5, 0.6) is 17.2 Å². The number of methoxy groups -OCH3 is 1. The maximum Gasteiger partial charge on any atom is 0.153 e. The molecule has 6 heteroatoms. The summed E-state index contributed by atoms with van der Waals surface area (Å²) in [5.41, 5.74) is 1.44. The number of amidine groups is 1. The fourth-order valence-corrected chi connectivity index (χ4v) is 3.19. The summed E-state index contributed by atoms with van der Waals surface area (Å²) in [5, 5.41) is 0.583. The fourth-order valence-electron chi connectivity index (χ4n) is 3.02. The van der Waals surface area contributed by atoms with Gasteiger partial charge in [-0.15, -0.1) is 0 Å². The Hall–Kier alpha value is -2.24. The van der Waals surface area contributed by atoms with Crippen LogP contribution < -0.4 is 9.47 Å². The van der Waals surface area contributed by atoms with Gasteiger partial charge in [0, 0.05) is 41.4 Å². The van der Waals surface area contributed by atoms with E-state index < -0.39 is 6.98 Å². The smallest absolute Gasteiger partial charge is 0.153 e. The van der Waals surface area contributed by atoms with Gasteiger partial charge in [-0.05, 0) is 37.3 Å². The molecule has 2 aromatic rings. The van der Waals surface area contributed by atoms with Crippen molar-refractivity contribution < 1.29 is 13.6 Å². The van der Waals surface area contributed by atoms with Gasteiger partial charge in [-0.25, -0.2) is 4.99 Å². The van der Waals surface area contributed by atoms with Crippen LogP contribution in [0.25, 0.3) is 0 Å². The number of hydrogen-bond donors (Lipinski definition) is 0. The molecule has 5 nitrogen and oxygen atoms in total. The molecule has 2 aliphatic rings. The van der Waals surface area contributed by atoms with Gasteiger partial charge in [-0.2, -0.15) is 0 Å². The minimum atomic E-state index is -2.08. The average molecular weight is 361 g/mol. The van der Waals surface area contributed by atoms with Crippen LogP contribution >= 0.6 is 11.6 Å². The van der Waals surface area contributed by atoms with Crippen LogP contribution in [0.1, 0.15) is 9.68 Å². The Morgan fingerprint density at radius 2 is 1.92 bits per heavy atom. The van der Waals surface area contributed by atoms with Crippen molar-refractivity contribution in [3.05, 3.63) is 47.0 Å². The van der Waals surface area contributed by atoms with E-state index in [1.54, 1.807) is 13.2 Å². The van der Waals surface area contributed by atoms with Crippen molar-refractivity contribution in [3.63, 3.8) is 0 Å². The molecule has 2 aliphatic heterocycles. The molecule has 1 saturated heterocycles. The molecule has 130 valence electrons. The number of piperazine rings is 1. The molecule has 1 fully saturated rings. The molecule has 0 radical (unpaired) electrons. The Morgan fingerprint density at radius 1 is 1.12 bits per heavy atom. The third kappa shape index (κ3) is 3.17. The second-order valence-electron chi connectivity index (χ2n) is 5.99. The van der Waals surface area contributed by atoms with E-state index >= 15 is 0 Å². The summed E-state index contributed by atoms with van der Waals surface area (Å²) in [6.07, 6.45) is 0. The van der Waals surface area contributed by atoms with Crippen LogP contribution in [0.15, 0.2) is 41.4 Å². The monoisotopic (exact) mass is 360 g/mol. The number of aliphatic imine (C=N–C) groups is 1. The predicted molar refractivity (Wildman–Crippen MR) is 99.8 cm³/mol. The average Bonchev–Trinajstić information content (AvgIpc) is 2.83. The summed E-state index contributed by atoms with van der Waals surface area (Å²) in [6.45, 7) is -0.138. The first-order valence-corrected chi connectivity index (χ1v) is 8.47. The maximum atomic E-state index is 7.62. The molecule has 25 heavy (non-hydrogen) atoms. The van der Waals surface area contributed by atoms with Crippen molar-refractivity contribution in [3.8, 4) is 17.2 Å². The fraction of sp³-hybridized carbons (Fsp3) is 0.316. The molecule has 0 saturated carbocycles. The van der Waals surface area contributed by atoms with Crippen LogP contribution in [-0.4, -0.2) is 55.9 Å². The lowest BCUT2D eigenvalue weighted by Crippen LogP contribution is -2.47. The number of benzene rings is 2. The maximum absolute atomic E-state index is 7.62. The van der Waals surface area contributed by atoms with E-state index in [1.807, 2.05) is 30.3 Å². The van der Waals surface area contributed by atoms with Gasteiger partial charge >= 0.3 is 0 Å². The molecule has 2 heterocycles. The molecular formula is C19H20ClN3O2. The number of nitrogens with zero attached hydrogens (tertiary/aromatic N) is 3. The zero-order chi connectivity index (χ0) is 19.9. The molecule has 0 bridgehead atoms. The summed E-state index contributed by atoms with van der Waals surface area (Å²) in [5.74, 6) is 2.68. The van der Waals surface area contributed by atoms with Crippen molar-refractivity contribution in [2.75, 3.05) is 40.3 Å². The van der Waals surface area contributed by atoms with E-state index in [1.165, 1.54) is 4.90 Å². The first kappa shape index (κ1) is 13.0. The Bertz CT molecular complexity index is 925. The Morgan fingerprint density at radius 3 is 2.68 bits per heavy atom. The largest absolute Gasteiger partial charge is 0.497 e. The second-order valence-corrected chi connectivity index (χ2v) is 6.42. The molecule has 0 aliphatic carbocycles.